The molecule has 7 heteroatoms. The van der Waals surface area contributed by atoms with Gasteiger partial charge in [-0.05, 0) is 62.8 Å². The molecule has 0 unspecified atom stereocenters. The van der Waals surface area contributed by atoms with Crippen LogP contribution in [-0.4, -0.2) is 40.9 Å². The summed E-state index contributed by atoms with van der Waals surface area (Å²) in [6, 6.07) is 5.38. The molecular formula is C23H30FN5O. The van der Waals surface area contributed by atoms with E-state index in [1.165, 1.54) is 6.07 Å². The highest BCUT2D eigenvalue weighted by Crippen LogP contribution is 2.28. The third-order valence-electron chi connectivity index (χ3n) is 6.12. The smallest absolute Gasteiger partial charge is 0.222 e. The van der Waals surface area contributed by atoms with Crippen molar-refractivity contribution in [2.45, 2.75) is 58.0 Å². The van der Waals surface area contributed by atoms with Crippen molar-refractivity contribution in [2.24, 2.45) is 0 Å². The highest BCUT2D eigenvalue weighted by atomic mass is 19.1. The Morgan fingerprint density at radius 1 is 1.37 bits per heavy atom. The van der Waals surface area contributed by atoms with Crippen molar-refractivity contribution < 1.29 is 9.18 Å². The molecule has 30 heavy (non-hydrogen) atoms. The first-order valence-corrected chi connectivity index (χ1v) is 10.9. The van der Waals surface area contributed by atoms with Crippen molar-refractivity contribution in [2.75, 3.05) is 25.5 Å². The number of hydrogen-bond donors (Lipinski definition) is 2. The number of fused-ring (bicyclic) bond motifs is 1. The molecule has 4 rings (SSSR count). The number of benzene rings is 1. The minimum absolute atomic E-state index is 0.157. The van der Waals surface area contributed by atoms with Crippen LogP contribution < -0.4 is 10.6 Å². The number of rotatable bonds is 6. The molecule has 0 saturated carbocycles. The van der Waals surface area contributed by atoms with E-state index in [1.807, 2.05) is 18.0 Å². The third-order valence-corrected chi connectivity index (χ3v) is 6.12. The molecule has 3 heterocycles. The summed E-state index contributed by atoms with van der Waals surface area (Å²) < 4.78 is 13.4. The Morgan fingerprint density at radius 3 is 2.97 bits per heavy atom. The number of aryl methyl sites for hydroxylation is 2. The van der Waals surface area contributed by atoms with Gasteiger partial charge in [-0.25, -0.2) is 14.4 Å². The Balaban J connectivity index is 1.39. The predicted molar refractivity (Wildman–Crippen MR) is 115 cm³/mol. The normalized spacial score (nSPS) is 18.4. The van der Waals surface area contributed by atoms with Gasteiger partial charge >= 0.3 is 0 Å². The highest BCUT2D eigenvalue weighted by molar-refractivity contribution is 5.76. The van der Waals surface area contributed by atoms with Crippen molar-refractivity contribution >= 4 is 11.7 Å². The van der Waals surface area contributed by atoms with Crippen LogP contribution in [0, 0.1) is 12.7 Å². The van der Waals surface area contributed by atoms with Gasteiger partial charge in [0.2, 0.25) is 5.91 Å². The molecule has 1 atom stereocenters. The van der Waals surface area contributed by atoms with Crippen LogP contribution in [0.2, 0.25) is 0 Å². The first-order valence-electron chi connectivity index (χ1n) is 10.9. The van der Waals surface area contributed by atoms with Crippen LogP contribution >= 0.6 is 0 Å². The molecule has 160 valence electrons. The van der Waals surface area contributed by atoms with Gasteiger partial charge in [-0.3, -0.25) is 4.79 Å². The Morgan fingerprint density at radius 2 is 2.23 bits per heavy atom. The third kappa shape index (κ3) is 4.46. The van der Waals surface area contributed by atoms with Crippen LogP contribution in [0.3, 0.4) is 0 Å². The SMILES string of the molecule is CNc1nc([C@@H]2CCCN2)nc2c1CCN(C(=O)CCCc1ccc(F)c(C)c1)C2. The second-order valence-corrected chi connectivity index (χ2v) is 8.26. The first kappa shape index (κ1) is 20.7. The summed E-state index contributed by atoms with van der Waals surface area (Å²) in [5, 5.41) is 6.67. The minimum atomic E-state index is -0.183. The minimum Gasteiger partial charge on any atom is -0.373 e. The van der Waals surface area contributed by atoms with E-state index in [9.17, 15) is 9.18 Å². The monoisotopic (exact) mass is 411 g/mol. The maximum absolute atomic E-state index is 13.4. The molecule has 1 amide bonds. The van der Waals surface area contributed by atoms with Crippen molar-refractivity contribution in [3.8, 4) is 0 Å². The Bertz CT molecular complexity index is 926. The van der Waals surface area contributed by atoms with E-state index in [1.54, 1.807) is 13.0 Å². The highest BCUT2D eigenvalue weighted by Gasteiger charge is 2.27. The molecule has 0 radical (unpaired) electrons. The zero-order valence-corrected chi connectivity index (χ0v) is 17.8. The Kier molecular flexibility index (Phi) is 6.27. The van der Waals surface area contributed by atoms with E-state index in [0.29, 0.717) is 25.1 Å². The zero-order chi connectivity index (χ0) is 21.1. The summed E-state index contributed by atoms with van der Waals surface area (Å²) in [7, 11) is 1.89. The Hall–Kier alpha value is -2.54. The lowest BCUT2D eigenvalue weighted by Crippen LogP contribution is -2.37. The number of anilines is 1. The van der Waals surface area contributed by atoms with Crippen molar-refractivity contribution in [1.29, 1.82) is 0 Å². The van der Waals surface area contributed by atoms with Crippen molar-refractivity contribution in [3.05, 3.63) is 52.2 Å². The summed E-state index contributed by atoms with van der Waals surface area (Å²) in [5.41, 5.74) is 3.82. The fraction of sp³-hybridized carbons (Fsp3) is 0.522. The summed E-state index contributed by atoms with van der Waals surface area (Å²) in [6.07, 6.45) is 4.99. The van der Waals surface area contributed by atoms with E-state index in [4.69, 9.17) is 9.97 Å². The quantitative estimate of drug-likeness (QED) is 0.763. The number of carbonyl (C=O) groups excluding carboxylic acids is 1. The predicted octanol–water partition coefficient (Wildman–Crippen LogP) is 3.30. The standard InChI is InChI=1S/C23H30FN5O/c1-15-13-16(8-9-18(15)24)5-3-7-21(30)29-12-10-17-20(14-29)27-23(28-22(17)25-2)19-6-4-11-26-19/h8-9,13,19,26H,3-7,10-12,14H2,1-2H3,(H,25,27,28)/t19-/m0/s1. The van der Waals surface area contributed by atoms with Crippen molar-refractivity contribution in [1.82, 2.24) is 20.2 Å². The lowest BCUT2D eigenvalue weighted by atomic mass is 10.0. The number of nitrogens with zero attached hydrogens (tertiary/aromatic N) is 3. The topological polar surface area (TPSA) is 70.2 Å². The average Bonchev–Trinajstić information content (AvgIpc) is 3.30. The van der Waals surface area contributed by atoms with Crippen LogP contribution in [-0.2, 0) is 24.2 Å². The summed E-state index contributed by atoms with van der Waals surface area (Å²) >= 11 is 0. The molecule has 6 nitrogen and oxygen atoms in total. The maximum Gasteiger partial charge on any atom is 0.222 e. The van der Waals surface area contributed by atoms with E-state index >= 15 is 0 Å². The molecule has 1 aromatic carbocycles. The second kappa shape index (κ2) is 9.08. The fourth-order valence-corrected chi connectivity index (χ4v) is 4.39. The molecular weight excluding hydrogens is 381 g/mol. The molecule has 1 fully saturated rings. The van der Waals surface area contributed by atoms with Crippen LogP contribution in [0.4, 0.5) is 10.2 Å². The van der Waals surface area contributed by atoms with Gasteiger partial charge in [0.15, 0.2) is 0 Å². The molecule has 1 saturated heterocycles. The van der Waals surface area contributed by atoms with E-state index in [0.717, 1.165) is 67.1 Å². The molecule has 0 bridgehead atoms. The summed E-state index contributed by atoms with van der Waals surface area (Å²) in [5.74, 6) is 1.70. The molecule has 2 aliphatic rings. The zero-order valence-electron chi connectivity index (χ0n) is 17.8. The van der Waals surface area contributed by atoms with Gasteiger partial charge in [-0.2, -0.15) is 0 Å². The van der Waals surface area contributed by atoms with E-state index in [-0.39, 0.29) is 17.8 Å². The number of halogens is 1. The van der Waals surface area contributed by atoms with Crippen molar-refractivity contribution in [3.63, 3.8) is 0 Å². The van der Waals surface area contributed by atoms with E-state index in [2.05, 4.69) is 10.6 Å². The van der Waals surface area contributed by atoms with Crippen LogP contribution in [0.1, 0.15) is 59.9 Å². The van der Waals surface area contributed by atoms with Gasteiger partial charge in [0, 0.05) is 25.6 Å². The summed E-state index contributed by atoms with van der Waals surface area (Å²) in [4.78, 5) is 24.3. The number of hydrogen-bond acceptors (Lipinski definition) is 5. The number of carbonyl (C=O) groups is 1. The molecule has 0 aliphatic carbocycles. The number of aromatic nitrogens is 2. The second-order valence-electron chi connectivity index (χ2n) is 8.26. The van der Waals surface area contributed by atoms with Crippen LogP contribution in [0.25, 0.3) is 0 Å². The van der Waals surface area contributed by atoms with E-state index < -0.39 is 0 Å². The van der Waals surface area contributed by atoms with Gasteiger partial charge < -0.3 is 15.5 Å². The number of amides is 1. The lowest BCUT2D eigenvalue weighted by molar-refractivity contribution is -0.132. The van der Waals surface area contributed by atoms with Crippen LogP contribution in [0.15, 0.2) is 18.2 Å². The first-order chi connectivity index (χ1) is 14.5. The molecule has 1 aromatic heterocycles. The molecule has 2 aromatic rings. The van der Waals surface area contributed by atoms with Gasteiger partial charge in [-0.1, -0.05) is 12.1 Å². The van der Waals surface area contributed by atoms with Crippen LogP contribution in [0.5, 0.6) is 0 Å². The number of nitrogens with one attached hydrogen (secondary N) is 2. The fourth-order valence-electron chi connectivity index (χ4n) is 4.39. The largest absolute Gasteiger partial charge is 0.373 e. The molecule has 2 aliphatic heterocycles. The van der Waals surface area contributed by atoms with Gasteiger partial charge in [0.05, 0.1) is 18.3 Å². The Labute approximate surface area is 177 Å². The molecule has 0 spiro atoms. The lowest BCUT2D eigenvalue weighted by Gasteiger charge is -2.30. The molecule has 2 N–H and O–H groups in total. The summed E-state index contributed by atoms with van der Waals surface area (Å²) in [6.45, 7) is 4.01. The van der Waals surface area contributed by atoms with Gasteiger partial charge in [0.1, 0.15) is 17.5 Å². The maximum atomic E-state index is 13.4. The average molecular weight is 412 g/mol. The van der Waals surface area contributed by atoms with Gasteiger partial charge in [0.25, 0.3) is 0 Å². The van der Waals surface area contributed by atoms with Gasteiger partial charge in [-0.15, -0.1) is 0 Å².